The van der Waals surface area contributed by atoms with Gasteiger partial charge in [0.2, 0.25) is 12.5 Å². The SMILES string of the molecule is COc1cc([C@@H]2c3cc4c(cc3N(N)[C@@H]3COC(=O)N23)OCO4)cc(OC)c1OC. The predicted octanol–water partition coefficient (Wildman–Crippen LogP) is 2.00. The highest BCUT2D eigenvalue weighted by molar-refractivity contribution is 5.77. The van der Waals surface area contributed by atoms with Gasteiger partial charge in [0.05, 0.1) is 33.1 Å². The van der Waals surface area contributed by atoms with Crippen molar-refractivity contribution in [1.29, 1.82) is 0 Å². The van der Waals surface area contributed by atoms with Gasteiger partial charge in [0.1, 0.15) is 6.61 Å². The number of hydrogen-bond acceptors (Lipinski definition) is 9. The summed E-state index contributed by atoms with van der Waals surface area (Å²) in [5.74, 6) is 9.00. The minimum Gasteiger partial charge on any atom is -0.493 e. The smallest absolute Gasteiger partial charge is 0.412 e. The minimum atomic E-state index is -0.511. The van der Waals surface area contributed by atoms with Gasteiger partial charge in [-0.1, -0.05) is 0 Å². The molecule has 3 aliphatic rings. The minimum absolute atomic E-state index is 0.132. The van der Waals surface area contributed by atoms with E-state index < -0.39 is 18.3 Å². The number of methoxy groups -OCH3 is 3. The molecule has 0 aliphatic carbocycles. The molecule has 1 saturated heterocycles. The van der Waals surface area contributed by atoms with E-state index in [9.17, 15) is 4.79 Å². The van der Waals surface area contributed by atoms with Crippen LogP contribution in [0, 0.1) is 0 Å². The zero-order chi connectivity index (χ0) is 21.0. The average Bonchev–Trinajstić information content (AvgIpc) is 3.38. The number of carbonyl (C=O) groups is 1. The molecule has 0 spiro atoms. The third-order valence-corrected chi connectivity index (χ3v) is 5.58. The average molecular weight is 415 g/mol. The number of hydrogen-bond donors (Lipinski definition) is 1. The van der Waals surface area contributed by atoms with Gasteiger partial charge in [-0.3, -0.25) is 9.91 Å². The second kappa shape index (κ2) is 6.77. The van der Waals surface area contributed by atoms with Crippen molar-refractivity contribution in [1.82, 2.24) is 4.90 Å². The summed E-state index contributed by atoms with van der Waals surface area (Å²) < 4.78 is 32.9. The first kappa shape index (κ1) is 18.5. The fourth-order valence-electron chi connectivity index (χ4n) is 4.21. The molecule has 5 rings (SSSR count). The number of rotatable bonds is 4. The van der Waals surface area contributed by atoms with Crippen molar-refractivity contribution in [3.05, 3.63) is 35.4 Å². The van der Waals surface area contributed by atoms with E-state index >= 15 is 0 Å². The lowest BCUT2D eigenvalue weighted by Gasteiger charge is -2.43. The lowest BCUT2D eigenvalue weighted by Crippen LogP contribution is -2.56. The van der Waals surface area contributed by atoms with Crippen LogP contribution in [0.15, 0.2) is 24.3 Å². The second-order valence-corrected chi connectivity index (χ2v) is 7.00. The molecule has 3 heterocycles. The standard InChI is InChI=1S/C20H21N3O7/c1-25-15-4-10(5-16(26-2)19(15)27-3)18-11-6-13-14(30-9-29-13)7-12(11)23(21)17-8-28-20(24)22(17)18/h4-7,17-18H,8-9,21H2,1-3H3/t17-,18-/m1/s1. The molecule has 1 amide bonds. The van der Waals surface area contributed by atoms with Gasteiger partial charge in [-0.15, -0.1) is 0 Å². The molecular formula is C20H21N3O7. The Hall–Kier alpha value is -3.53. The Morgan fingerprint density at radius 2 is 1.63 bits per heavy atom. The molecule has 1 fully saturated rings. The van der Waals surface area contributed by atoms with E-state index in [0.717, 1.165) is 16.8 Å². The number of nitrogens with two attached hydrogens (primary N) is 1. The Morgan fingerprint density at radius 3 is 2.27 bits per heavy atom. The predicted molar refractivity (Wildman–Crippen MR) is 104 cm³/mol. The van der Waals surface area contributed by atoms with Crippen molar-refractivity contribution in [2.45, 2.75) is 12.2 Å². The summed E-state index contributed by atoms with van der Waals surface area (Å²) in [6.07, 6.45) is -0.938. The Balaban J connectivity index is 1.74. The van der Waals surface area contributed by atoms with Crippen LogP contribution in [0.2, 0.25) is 0 Å². The van der Waals surface area contributed by atoms with E-state index in [1.54, 1.807) is 19.1 Å². The maximum atomic E-state index is 12.7. The fraction of sp³-hybridized carbons (Fsp3) is 0.350. The van der Waals surface area contributed by atoms with E-state index in [0.29, 0.717) is 28.7 Å². The lowest BCUT2D eigenvalue weighted by molar-refractivity contribution is 0.147. The van der Waals surface area contributed by atoms with Gasteiger partial charge < -0.3 is 28.4 Å². The van der Waals surface area contributed by atoms with Gasteiger partial charge in [0.15, 0.2) is 29.2 Å². The van der Waals surface area contributed by atoms with Crippen molar-refractivity contribution in [2.24, 2.45) is 5.84 Å². The van der Waals surface area contributed by atoms with Crippen molar-refractivity contribution < 1.29 is 33.2 Å². The Bertz CT molecular complexity index is 1000. The molecule has 3 aliphatic heterocycles. The molecule has 30 heavy (non-hydrogen) atoms. The first-order valence-electron chi connectivity index (χ1n) is 9.29. The molecule has 158 valence electrons. The highest BCUT2D eigenvalue weighted by Gasteiger charge is 2.48. The Labute approximate surface area is 172 Å². The van der Waals surface area contributed by atoms with E-state index in [1.807, 2.05) is 24.3 Å². The second-order valence-electron chi connectivity index (χ2n) is 7.00. The first-order valence-corrected chi connectivity index (χ1v) is 9.29. The monoisotopic (exact) mass is 415 g/mol. The van der Waals surface area contributed by atoms with Crippen molar-refractivity contribution in [3.63, 3.8) is 0 Å². The zero-order valence-corrected chi connectivity index (χ0v) is 16.7. The summed E-state index contributed by atoms with van der Waals surface area (Å²) in [5.41, 5.74) is 2.24. The van der Waals surface area contributed by atoms with Gasteiger partial charge in [0, 0.05) is 11.6 Å². The van der Waals surface area contributed by atoms with Crippen molar-refractivity contribution in [2.75, 3.05) is 39.7 Å². The highest BCUT2D eigenvalue weighted by atomic mass is 16.7. The number of cyclic esters (lactones) is 1. The molecule has 0 aromatic heterocycles. The Morgan fingerprint density at radius 1 is 0.967 bits per heavy atom. The van der Waals surface area contributed by atoms with Gasteiger partial charge in [-0.2, -0.15) is 0 Å². The van der Waals surface area contributed by atoms with Gasteiger partial charge in [-0.25, -0.2) is 10.6 Å². The number of anilines is 1. The molecule has 2 aromatic carbocycles. The highest BCUT2D eigenvalue weighted by Crippen LogP contribution is 2.50. The summed E-state index contributed by atoms with van der Waals surface area (Å²) in [7, 11) is 4.63. The number of fused-ring (bicyclic) bond motifs is 3. The zero-order valence-electron chi connectivity index (χ0n) is 16.7. The summed E-state index contributed by atoms with van der Waals surface area (Å²) in [6.45, 7) is 0.275. The molecule has 0 radical (unpaired) electrons. The van der Waals surface area contributed by atoms with E-state index in [1.165, 1.54) is 12.1 Å². The van der Waals surface area contributed by atoms with Crippen LogP contribution in [0.4, 0.5) is 10.5 Å². The third-order valence-electron chi connectivity index (χ3n) is 5.58. The van der Waals surface area contributed by atoms with Crippen LogP contribution in [0.5, 0.6) is 28.7 Å². The summed E-state index contributed by atoms with van der Waals surface area (Å²) in [6, 6.07) is 6.78. The third kappa shape index (κ3) is 2.50. The van der Waals surface area contributed by atoms with Crippen LogP contribution >= 0.6 is 0 Å². The van der Waals surface area contributed by atoms with Crippen molar-refractivity contribution >= 4 is 11.8 Å². The van der Waals surface area contributed by atoms with Gasteiger partial charge >= 0.3 is 6.09 Å². The maximum absolute atomic E-state index is 12.7. The number of carbonyl (C=O) groups excluding carboxylic acids is 1. The number of nitrogens with zero attached hydrogens (tertiary/aromatic N) is 2. The normalized spacial score (nSPS) is 21.1. The quantitative estimate of drug-likeness (QED) is 0.751. The molecule has 10 nitrogen and oxygen atoms in total. The van der Waals surface area contributed by atoms with E-state index in [-0.39, 0.29) is 13.4 Å². The molecular weight excluding hydrogens is 394 g/mol. The molecule has 2 aromatic rings. The number of amides is 1. The summed E-state index contributed by atoms with van der Waals surface area (Å²) >= 11 is 0. The van der Waals surface area contributed by atoms with Crippen LogP contribution < -0.4 is 34.5 Å². The van der Waals surface area contributed by atoms with E-state index in [4.69, 9.17) is 34.3 Å². The fourth-order valence-corrected chi connectivity index (χ4v) is 4.21. The van der Waals surface area contributed by atoms with Gasteiger partial charge in [0.25, 0.3) is 0 Å². The first-order chi connectivity index (χ1) is 14.6. The molecule has 2 N–H and O–H groups in total. The number of ether oxygens (including phenoxy) is 6. The molecule has 0 unspecified atom stereocenters. The number of hydrazine groups is 1. The molecule has 2 atom stereocenters. The van der Waals surface area contributed by atoms with Crippen LogP contribution in [0.25, 0.3) is 0 Å². The molecule has 10 heteroatoms. The number of benzene rings is 2. The van der Waals surface area contributed by atoms with Crippen LogP contribution in [-0.2, 0) is 4.74 Å². The maximum Gasteiger partial charge on any atom is 0.412 e. The van der Waals surface area contributed by atoms with Crippen LogP contribution in [0.3, 0.4) is 0 Å². The summed E-state index contributed by atoms with van der Waals surface area (Å²) in [4.78, 5) is 14.3. The largest absolute Gasteiger partial charge is 0.493 e. The van der Waals surface area contributed by atoms with Gasteiger partial charge in [-0.05, 0) is 23.8 Å². The molecule has 0 bridgehead atoms. The van der Waals surface area contributed by atoms with Crippen LogP contribution in [-0.4, -0.2) is 51.9 Å². The van der Waals surface area contributed by atoms with E-state index in [2.05, 4.69) is 0 Å². The Kier molecular flexibility index (Phi) is 4.17. The van der Waals surface area contributed by atoms with Crippen LogP contribution in [0.1, 0.15) is 17.2 Å². The summed E-state index contributed by atoms with van der Waals surface area (Å²) in [5, 5.41) is 1.52. The van der Waals surface area contributed by atoms with Crippen molar-refractivity contribution in [3.8, 4) is 28.7 Å². The lowest BCUT2D eigenvalue weighted by atomic mass is 9.92. The molecule has 0 saturated carbocycles. The topological polar surface area (TPSA) is 105 Å².